The molecule has 1 fully saturated rings. The van der Waals surface area contributed by atoms with Gasteiger partial charge in [0.1, 0.15) is 17.2 Å². The van der Waals surface area contributed by atoms with Gasteiger partial charge in [0.25, 0.3) is 5.91 Å². The minimum Gasteiger partial charge on any atom is -0.338 e. The molecular weight excluding hydrogens is 490 g/mol. The number of carbonyl (C=O) groups is 2. The number of piperazine rings is 1. The number of nitrogens with one attached hydrogen (secondary N) is 1. The Labute approximate surface area is 230 Å². The van der Waals surface area contributed by atoms with E-state index in [2.05, 4.69) is 91.7 Å². The summed E-state index contributed by atoms with van der Waals surface area (Å²) in [7, 11) is 2.10. The maximum Gasteiger partial charge on any atom is 0.272 e. The van der Waals surface area contributed by atoms with E-state index in [0.717, 1.165) is 54.2 Å². The highest BCUT2D eigenvalue weighted by Gasteiger charge is 2.34. The van der Waals surface area contributed by atoms with Crippen LogP contribution >= 0.6 is 0 Å². The van der Waals surface area contributed by atoms with Crippen LogP contribution in [0.3, 0.4) is 0 Å². The minimum absolute atomic E-state index is 0.0307. The molecule has 0 atom stereocenters. The summed E-state index contributed by atoms with van der Waals surface area (Å²) in [6.07, 6.45) is 4.05. The molecule has 9 nitrogen and oxygen atoms in total. The molecule has 0 radical (unpaired) electrons. The van der Waals surface area contributed by atoms with Crippen molar-refractivity contribution in [3.05, 3.63) is 71.1 Å². The van der Waals surface area contributed by atoms with Crippen LogP contribution in [0, 0.1) is 13.8 Å². The molecule has 1 saturated heterocycles. The molecule has 206 valence electrons. The lowest BCUT2D eigenvalue weighted by atomic mass is 9.87. The van der Waals surface area contributed by atoms with Crippen molar-refractivity contribution in [2.24, 2.45) is 0 Å². The van der Waals surface area contributed by atoms with Gasteiger partial charge >= 0.3 is 0 Å². The highest BCUT2D eigenvalue weighted by Crippen LogP contribution is 2.30. The SMILES string of the molecule is Cc1cccc(-c2cc(C(C)(C)C)c3nc(C=O)cn3n2)c1.Cc1ncc(C(=O)N2CCN(C)C(C)(C)C2)[nH]1. The largest absolute Gasteiger partial charge is 0.338 e. The Morgan fingerprint density at radius 2 is 1.87 bits per heavy atom. The first-order chi connectivity index (χ1) is 18.3. The van der Waals surface area contributed by atoms with Crippen LogP contribution in [0.1, 0.15) is 72.5 Å². The van der Waals surface area contributed by atoms with Gasteiger partial charge in [0.15, 0.2) is 11.9 Å². The molecule has 1 aliphatic heterocycles. The van der Waals surface area contributed by atoms with Gasteiger partial charge in [0.05, 0.1) is 18.1 Å². The standard InChI is InChI=1S/C18H19N3O.C12H20N4O/c1-12-6-5-7-13(8-12)16-9-15(18(2,3)4)17-19-14(11-22)10-21(17)20-16;1-9-13-7-10(14-9)11(17)16-6-5-15(4)12(2,3)8-16/h5-11H,1-4H3;7H,5-6,8H2,1-4H3,(H,13,14). The molecule has 0 bridgehead atoms. The van der Waals surface area contributed by atoms with Gasteiger partial charge in [-0.2, -0.15) is 5.10 Å². The lowest BCUT2D eigenvalue weighted by molar-refractivity contribution is 0.0307. The van der Waals surface area contributed by atoms with Gasteiger partial charge in [-0.05, 0) is 52.3 Å². The van der Waals surface area contributed by atoms with Crippen molar-refractivity contribution in [1.82, 2.24) is 34.4 Å². The third-order valence-electron chi connectivity index (χ3n) is 7.22. The molecule has 1 aromatic carbocycles. The molecule has 5 rings (SSSR count). The highest BCUT2D eigenvalue weighted by molar-refractivity contribution is 5.92. The van der Waals surface area contributed by atoms with E-state index in [1.807, 2.05) is 24.0 Å². The van der Waals surface area contributed by atoms with Gasteiger partial charge in [-0.15, -0.1) is 0 Å². The van der Waals surface area contributed by atoms with E-state index in [0.29, 0.717) is 11.4 Å². The molecule has 4 heterocycles. The van der Waals surface area contributed by atoms with Crippen LogP contribution in [0.2, 0.25) is 0 Å². The Morgan fingerprint density at radius 3 is 2.46 bits per heavy atom. The van der Waals surface area contributed by atoms with E-state index in [-0.39, 0.29) is 16.9 Å². The van der Waals surface area contributed by atoms with Crippen LogP contribution < -0.4 is 0 Å². The normalized spacial score (nSPS) is 15.6. The summed E-state index contributed by atoms with van der Waals surface area (Å²) in [5.41, 5.74) is 5.89. The second kappa shape index (κ2) is 10.7. The number of carbonyl (C=O) groups excluding carboxylic acids is 2. The molecule has 39 heavy (non-hydrogen) atoms. The lowest BCUT2D eigenvalue weighted by Crippen LogP contribution is -2.58. The zero-order valence-electron chi connectivity index (χ0n) is 24.2. The van der Waals surface area contributed by atoms with Gasteiger partial charge in [-0.25, -0.2) is 14.5 Å². The maximum atomic E-state index is 12.2. The Bertz CT molecular complexity index is 1490. The lowest BCUT2D eigenvalue weighted by Gasteiger charge is -2.45. The zero-order chi connectivity index (χ0) is 28.5. The van der Waals surface area contributed by atoms with Crippen molar-refractivity contribution in [3.8, 4) is 11.3 Å². The molecule has 3 aromatic heterocycles. The monoisotopic (exact) mass is 529 g/mol. The average molecular weight is 530 g/mol. The van der Waals surface area contributed by atoms with Crippen LogP contribution in [0.25, 0.3) is 16.9 Å². The summed E-state index contributed by atoms with van der Waals surface area (Å²) in [6.45, 7) is 17.1. The number of aldehydes is 1. The summed E-state index contributed by atoms with van der Waals surface area (Å²) in [5, 5.41) is 4.62. The molecule has 9 heteroatoms. The number of aryl methyl sites for hydroxylation is 2. The van der Waals surface area contributed by atoms with E-state index in [9.17, 15) is 9.59 Å². The second-order valence-electron chi connectivity index (χ2n) is 12.0. The molecule has 0 saturated carbocycles. The second-order valence-corrected chi connectivity index (χ2v) is 12.0. The number of rotatable bonds is 3. The first-order valence-corrected chi connectivity index (χ1v) is 13.2. The quantitative estimate of drug-likeness (QED) is 0.386. The fourth-order valence-corrected chi connectivity index (χ4v) is 4.66. The predicted octanol–water partition coefficient (Wildman–Crippen LogP) is 4.70. The van der Waals surface area contributed by atoms with Crippen molar-refractivity contribution in [3.63, 3.8) is 0 Å². The number of likely N-dealkylation sites (N-methyl/N-ethyl adjacent to an activating group) is 1. The first kappa shape index (κ1) is 28.2. The number of fused-ring (bicyclic) bond motifs is 1. The van der Waals surface area contributed by atoms with E-state index < -0.39 is 0 Å². The van der Waals surface area contributed by atoms with Crippen LogP contribution in [0.5, 0.6) is 0 Å². The predicted molar refractivity (Wildman–Crippen MR) is 153 cm³/mol. The van der Waals surface area contributed by atoms with Crippen LogP contribution in [0.4, 0.5) is 0 Å². The van der Waals surface area contributed by atoms with E-state index >= 15 is 0 Å². The number of hydrogen-bond donors (Lipinski definition) is 1. The number of amides is 1. The molecule has 1 aliphatic rings. The number of H-pyrrole nitrogens is 1. The minimum atomic E-state index is -0.0890. The van der Waals surface area contributed by atoms with Crippen molar-refractivity contribution in [2.75, 3.05) is 26.7 Å². The number of benzene rings is 1. The third kappa shape index (κ3) is 6.25. The Hall–Kier alpha value is -3.85. The number of aromatic amines is 1. The number of imidazole rings is 2. The summed E-state index contributed by atoms with van der Waals surface area (Å²) in [5.74, 6) is 0.827. The van der Waals surface area contributed by atoms with Crippen LogP contribution in [0.15, 0.2) is 42.7 Å². The van der Waals surface area contributed by atoms with Crippen molar-refractivity contribution < 1.29 is 9.59 Å². The summed E-state index contributed by atoms with van der Waals surface area (Å²) < 4.78 is 1.71. The number of nitrogens with zero attached hydrogens (tertiary/aromatic N) is 6. The summed E-state index contributed by atoms with van der Waals surface area (Å²) in [6, 6.07) is 10.3. The molecule has 0 aliphatic carbocycles. The summed E-state index contributed by atoms with van der Waals surface area (Å²) in [4.78, 5) is 38.9. The molecule has 4 aromatic rings. The Balaban J connectivity index is 0.000000187. The molecule has 1 amide bonds. The van der Waals surface area contributed by atoms with Crippen molar-refractivity contribution >= 4 is 17.8 Å². The van der Waals surface area contributed by atoms with Gasteiger partial charge in [-0.1, -0.05) is 44.5 Å². The highest BCUT2D eigenvalue weighted by atomic mass is 16.2. The summed E-state index contributed by atoms with van der Waals surface area (Å²) >= 11 is 0. The zero-order valence-corrected chi connectivity index (χ0v) is 24.2. The third-order valence-corrected chi connectivity index (χ3v) is 7.22. The maximum absolute atomic E-state index is 12.2. The topological polar surface area (TPSA) is 99.5 Å². The number of hydrogen-bond acceptors (Lipinski definition) is 6. The van der Waals surface area contributed by atoms with E-state index in [1.54, 1.807) is 16.9 Å². The molecule has 0 spiro atoms. The van der Waals surface area contributed by atoms with Gasteiger partial charge in [0, 0.05) is 36.3 Å². The Kier molecular flexibility index (Phi) is 7.75. The van der Waals surface area contributed by atoms with Gasteiger partial charge in [-0.3, -0.25) is 14.5 Å². The van der Waals surface area contributed by atoms with Gasteiger partial charge < -0.3 is 9.88 Å². The first-order valence-electron chi connectivity index (χ1n) is 13.2. The average Bonchev–Trinajstić information content (AvgIpc) is 3.50. The van der Waals surface area contributed by atoms with Crippen molar-refractivity contribution in [1.29, 1.82) is 0 Å². The fraction of sp³-hybridized carbons (Fsp3) is 0.433. The molecular formula is C30H39N7O2. The van der Waals surface area contributed by atoms with Gasteiger partial charge in [0.2, 0.25) is 0 Å². The molecule has 1 N–H and O–H groups in total. The fourth-order valence-electron chi connectivity index (χ4n) is 4.66. The van der Waals surface area contributed by atoms with E-state index in [1.165, 1.54) is 5.56 Å². The number of aromatic nitrogens is 5. The van der Waals surface area contributed by atoms with Crippen LogP contribution in [-0.2, 0) is 5.41 Å². The smallest absolute Gasteiger partial charge is 0.272 e. The van der Waals surface area contributed by atoms with E-state index in [4.69, 9.17) is 0 Å². The molecule has 0 unspecified atom stereocenters. The van der Waals surface area contributed by atoms with Crippen LogP contribution in [-0.4, -0.2) is 78.8 Å². The van der Waals surface area contributed by atoms with Crippen molar-refractivity contribution in [2.45, 2.75) is 59.4 Å². The Morgan fingerprint density at radius 1 is 1.13 bits per heavy atom.